The second-order valence-corrected chi connectivity index (χ2v) is 5.06. The van der Waals surface area contributed by atoms with Gasteiger partial charge in [-0.2, -0.15) is 21.4 Å². The Balaban J connectivity index is 2.00. The molecule has 0 radical (unpaired) electrons. The van der Waals surface area contributed by atoms with Crippen molar-refractivity contribution in [2.75, 3.05) is 23.9 Å². The molecule has 0 bridgehead atoms. The summed E-state index contributed by atoms with van der Waals surface area (Å²) in [5.74, 6) is 2.26. The van der Waals surface area contributed by atoms with E-state index in [2.05, 4.69) is 34.6 Å². The van der Waals surface area contributed by atoms with E-state index in [1.54, 1.807) is 6.33 Å². The third-order valence-electron chi connectivity index (χ3n) is 2.60. The van der Waals surface area contributed by atoms with Crippen LogP contribution in [0.25, 0.3) is 5.65 Å². The molecule has 5 heteroatoms. The maximum atomic E-state index is 4.21. The monoisotopic (exact) mass is 250 g/mol. The predicted octanol–water partition coefficient (Wildman–Crippen LogP) is 2.59. The van der Waals surface area contributed by atoms with Gasteiger partial charge in [-0.15, -0.1) is 0 Å². The van der Waals surface area contributed by atoms with Gasteiger partial charge in [-0.3, -0.25) is 0 Å². The van der Waals surface area contributed by atoms with E-state index in [1.165, 1.54) is 24.2 Å². The maximum absolute atomic E-state index is 4.21. The minimum atomic E-state index is 0.900. The molecule has 0 spiro atoms. The molecule has 0 amide bonds. The molecule has 2 rings (SSSR count). The molecular formula is C12H18N4S. The van der Waals surface area contributed by atoms with Gasteiger partial charge in [-0.25, -0.2) is 4.98 Å². The molecule has 1 N–H and O–H groups in total. The van der Waals surface area contributed by atoms with Gasteiger partial charge in [-0.05, 0) is 49.5 Å². The zero-order chi connectivity index (χ0) is 12.1. The first-order valence-corrected chi connectivity index (χ1v) is 7.24. The van der Waals surface area contributed by atoms with Crippen LogP contribution in [0.3, 0.4) is 0 Å². The van der Waals surface area contributed by atoms with Crippen molar-refractivity contribution in [3.05, 3.63) is 24.0 Å². The lowest BCUT2D eigenvalue weighted by molar-refractivity contribution is 0.829. The van der Waals surface area contributed by atoms with Crippen LogP contribution in [-0.4, -0.2) is 33.2 Å². The van der Waals surface area contributed by atoms with Crippen LogP contribution < -0.4 is 5.32 Å². The molecule has 4 nitrogen and oxygen atoms in total. The highest BCUT2D eigenvalue weighted by molar-refractivity contribution is 7.98. The number of nitrogens with zero attached hydrogens (tertiary/aromatic N) is 3. The summed E-state index contributed by atoms with van der Waals surface area (Å²) in [5.41, 5.74) is 2.11. The minimum Gasteiger partial charge on any atom is -0.370 e. The van der Waals surface area contributed by atoms with Gasteiger partial charge in [-0.1, -0.05) is 0 Å². The normalized spacial score (nSPS) is 10.9. The second-order valence-electron chi connectivity index (χ2n) is 4.07. The first-order chi connectivity index (χ1) is 8.31. The highest BCUT2D eigenvalue weighted by Gasteiger charge is 2.02. The Morgan fingerprint density at radius 2 is 2.24 bits per heavy atom. The van der Waals surface area contributed by atoms with Crippen LogP contribution in [0.5, 0.6) is 0 Å². The smallest absolute Gasteiger partial charge is 0.157 e. The maximum Gasteiger partial charge on any atom is 0.157 e. The van der Waals surface area contributed by atoms with E-state index >= 15 is 0 Å². The molecule has 0 saturated heterocycles. The minimum absolute atomic E-state index is 0.900. The van der Waals surface area contributed by atoms with Crippen molar-refractivity contribution in [3.63, 3.8) is 0 Å². The lowest BCUT2D eigenvalue weighted by Crippen LogP contribution is -2.07. The van der Waals surface area contributed by atoms with Gasteiger partial charge in [0.25, 0.3) is 0 Å². The molecule has 92 valence electrons. The first kappa shape index (κ1) is 12.2. The number of aryl methyl sites for hydroxylation is 1. The Hall–Kier alpha value is -1.23. The van der Waals surface area contributed by atoms with E-state index in [9.17, 15) is 0 Å². The second kappa shape index (κ2) is 5.91. The van der Waals surface area contributed by atoms with Gasteiger partial charge in [0.1, 0.15) is 12.1 Å². The van der Waals surface area contributed by atoms with Gasteiger partial charge in [0.05, 0.1) is 0 Å². The zero-order valence-electron chi connectivity index (χ0n) is 10.3. The standard InChI is InChI=1S/C12H18N4S/c1-10-7-11(13-5-3-4-6-17-2)16-12(8-10)14-9-15-16/h7-9,13H,3-6H2,1-2H3. The first-order valence-electron chi connectivity index (χ1n) is 5.84. The summed E-state index contributed by atoms with van der Waals surface area (Å²) in [4.78, 5) is 4.21. The van der Waals surface area contributed by atoms with E-state index in [4.69, 9.17) is 0 Å². The van der Waals surface area contributed by atoms with Crippen molar-refractivity contribution in [2.24, 2.45) is 0 Å². The third kappa shape index (κ3) is 3.12. The molecule has 0 atom stereocenters. The number of rotatable bonds is 6. The fourth-order valence-electron chi connectivity index (χ4n) is 1.77. The van der Waals surface area contributed by atoms with E-state index in [0.29, 0.717) is 0 Å². The van der Waals surface area contributed by atoms with E-state index in [-0.39, 0.29) is 0 Å². The van der Waals surface area contributed by atoms with Crippen LogP contribution in [0.1, 0.15) is 18.4 Å². The summed E-state index contributed by atoms with van der Waals surface area (Å²) >= 11 is 1.90. The van der Waals surface area contributed by atoms with Crippen LogP contribution in [0.4, 0.5) is 5.82 Å². The number of anilines is 1. The molecule has 0 aliphatic rings. The molecular weight excluding hydrogens is 232 g/mol. The Labute approximate surface area is 106 Å². The Bertz CT molecular complexity index is 480. The van der Waals surface area contributed by atoms with E-state index < -0.39 is 0 Å². The van der Waals surface area contributed by atoms with Crippen molar-refractivity contribution in [3.8, 4) is 0 Å². The lowest BCUT2D eigenvalue weighted by Gasteiger charge is -2.08. The van der Waals surface area contributed by atoms with Gasteiger partial charge in [0.2, 0.25) is 0 Å². The average Bonchev–Trinajstić information content (AvgIpc) is 2.76. The van der Waals surface area contributed by atoms with Crippen LogP contribution in [0, 0.1) is 6.92 Å². The van der Waals surface area contributed by atoms with E-state index in [1.807, 2.05) is 22.3 Å². The fourth-order valence-corrected chi connectivity index (χ4v) is 2.26. The fraction of sp³-hybridized carbons (Fsp3) is 0.500. The molecule has 0 saturated carbocycles. The molecule has 17 heavy (non-hydrogen) atoms. The number of aromatic nitrogens is 3. The Morgan fingerprint density at radius 3 is 3.06 bits per heavy atom. The number of fused-ring (bicyclic) bond motifs is 1. The quantitative estimate of drug-likeness (QED) is 0.800. The van der Waals surface area contributed by atoms with Gasteiger partial charge in [0.15, 0.2) is 5.65 Å². The Morgan fingerprint density at radius 1 is 1.35 bits per heavy atom. The highest BCUT2D eigenvalue weighted by atomic mass is 32.2. The van der Waals surface area contributed by atoms with Crippen molar-refractivity contribution in [2.45, 2.75) is 19.8 Å². The van der Waals surface area contributed by atoms with Crippen LogP contribution in [0.2, 0.25) is 0 Å². The zero-order valence-corrected chi connectivity index (χ0v) is 11.1. The highest BCUT2D eigenvalue weighted by Crippen LogP contribution is 2.13. The number of thioether (sulfide) groups is 1. The lowest BCUT2D eigenvalue weighted by atomic mass is 10.3. The van der Waals surface area contributed by atoms with Crippen molar-refractivity contribution in [1.29, 1.82) is 0 Å². The third-order valence-corrected chi connectivity index (χ3v) is 3.30. The molecule has 0 aliphatic heterocycles. The largest absolute Gasteiger partial charge is 0.370 e. The van der Waals surface area contributed by atoms with Crippen molar-refractivity contribution < 1.29 is 0 Å². The molecule has 2 aromatic rings. The van der Waals surface area contributed by atoms with E-state index in [0.717, 1.165) is 18.0 Å². The van der Waals surface area contributed by atoms with Gasteiger partial charge >= 0.3 is 0 Å². The molecule has 2 aromatic heterocycles. The topological polar surface area (TPSA) is 42.2 Å². The predicted molar refractivity (Wildman–Crippen MR) is 73.8 cm³/mol. The number of hydrogen-bond acceptors (Lipinski definition) is 4. The summed E-state index contributed by atoms with van der Waals surface area (Å²) in [6, 6.07) is 4.14. The summed E-state index contributed by atoms with van der Waals surface area (Å²) in [6.45, 7) is 3.06. The van der Waals surface area contributed by atoms with Gasteiger partial charge < -0.3 is 5.32 Å². The van der Waals surface area contributed by atoms with Crippen molar-refractivity contribution in [1.82, 2.24) is 14.6 Å². The molecule has 0 aliphatic carbocycles. The van der Waals surface area contributed by atoms with Crippen LogP contribution in [-0.2, 0) is 0 Å². The summed E-state index contributed by atoms with van der Waals surface area (Å²) in [5, 5.41) is 7.64. The number of hydrogen-bond donors (Lipinski definition) is 1. The molecule has 0 aromatic carbocycles. The Kier molecular flexibility index (Phi) is 4.25. The van der Waals surface area contributed by atoms with Crippen molar-refractivity contribution >= 4 is 23.2 Å². The van der Waals surface area contributed by atoms with Crippen LogP contribution >= 0.6 is 11.8 Å². The summed E-state index contributed by atoms with van der Waals surface area (Å²) in [6.07, 6.45) is 6.17. The summed E-state index contributed by atoms with van der Waals surface area (Å²) < 4.78 is 1.85. The van der Waals surface area contributed by atoms with Crippen LogP contribution in [0.15, 0.2) is 18.5 Å². The SMILES string of the molecule is CSCCCCNc1cc(C)cc2ncnn12. The number of unbranched alkanes of at least 4 members (excludes halogenated alkanes) is 1. The average molecular weight is 250 g/mol. The molecule has 2 heterocycles. The molecule has 0 unspecified atom stereocenters. The number of nitrogens with one attached hydrogen (secondary N) is 1. The number of pyridine rings is 1. The molecule has 0 fully saturated rings. The summed E-state index contributed by atoms with van der Waals surface area (Å²) in [7, 11) is 0. The van der Waals surface area contributed by atoms with Gasteiger partial charge in [0, 0.05) is 6.54 Å².